The van der Waals surface area contributed by atoms with Gasteiger partial charge in [-0.3, -0.25) is 20.3 Å². The fraction of sp³-hybridized carbons (Fsp3) is 0.308. The van der Waals surface area contributed by atoms with Crippen molar-refractivity contribution in [1.82, 2.24) is 15.8 Å². The summed E-state index contributed by atoms with van der Waals surface area (Å²) in [5, 5.41) is 3.08. The fourth-order valence-corrected chi connectivity index (χ4v) is 1.91. The number of carbonyl (C=O) groups is 3. The van der Waals surface area contributed by atoms with Crippen molar-refractivity contribution in [1.29, 1.82) is 0 Å². The molecule has 0 bridgehead atoms. The maximum Gasteiger partial charge on any atom is 0.343 e. The van der Waals surface area contributed by atoms with Crippen molar-refractivity contribution < 1.29 is 14.4 Å². The standard InChI is InChI=1S/C13H15N3O3/c1-9(10-5-3-2-4-6-10)7-11(17)15-16-8-12(18)14-13(16)19/h2-6,9H,7-8H2,1H3,(H,15,17)(H,14,18,19). The van der Waals surface area contributed by atoms with E-state index in [2.05, 4.69) is 10.7 Å². The van der Waals surface area contributed by atoms with Gasteiger partial charge < -0.3 is 0 Å². The zero-order valence-corrected chi connectivity index (χ0v) is 10.6. The molecule has 1 atom stereocenters. The zero-order valence-electron chi connectivity index (χ0n) is 10.6. The molecule has 100 valence electrons. The van der Waals surface area contributed by atoms with Crippen molar-refractivity contribution in [2.24, 2.45) is 0 Å². The summed E-state index contributed by atoms with van der Waals surface area (Å²) >= 11 is 0. The lowest BCUT2D eigenvalue weighted by molar-refractivity contribution is -0.125. The van der Waals surface area contributed by atoms with E-state index in [0.717, 1.165) is 10.6 Å². The van der Waals surface area contributed by atoms with E-state index in [1.807, 2.05) is 37.3 Å². The Morgan fingerprint density at radius 3 is 2.63 bits per heavy atom. The topological polar surface area (TPSA) is 78.5 Å². The summed E-state index contributed by atoms with van der Waals surface area (Å²) < 4.78 is 0. The summed E-state index contributed by atoms with van der Waals surface area (Å²) in [6.07, 6.45) is 0.252. The number of nitrogens with zero attached hydrogens (tertiary/aromatic N) is 1. The highest BCUT2D eigenvalue weighted by atomic mass is 16.2. The maximum absolute atomic E-state index is 11.8. The molecule has 1 fully saturated rings. The predicted octanol–water partition coefficient (Wildman–Crippen LogP) is 0.763. The van der Waals surface area contributed by atoms with Crippen LogP contribution in [-0.2, 0) is 9.59 Å². The molecule has 6 nitrogen and oxygen atoms in total. The molecule has 1 aromatic carbocycles. The van der Waals surface area contributed by atoms with E-state index < -0.39 is 11.9 Å². The van der Waals surface area contributed by atoms with Crippen LogP contribution in [0.5, 0.6) is 0 Å². The summed E-state index contributed by atoms with van der Waals surface area (Å²) in [4.78, 5) is 34.0. The molecule has 2 rings (SSSR count). The molecule has 1 aliphatic rings. The van der Waals surface area contributed by atoms with Crippen molar-refractivity contribution in [3.8, 4) is 0 Å². The summed E-state index contributed by atoms with van der Waals surface area (Å²) in [7, 11) is 0. The van der Waals surface area contributed by atoms with Gasteiger partial charge in [-0.15, -0.1) is 0 Å². The first-order chi connectivity index (χ1) is 9.06. The predicted molar refractivity (Wildman–Crippen MR) is 67.9 cm³/mol. The van der Waals surface area contributed by atoms with Crippen molar-refractivity contribution in [3.05, 3.63) is 35.9 Å². The first-order valence-corrected chi connectivity index (χ1v) is 6.02. The lowest BCUT2D eigenvalue weighted by Crippen LogP contribution is -2.44. The third kappa shape index (κ3) is 3.31. The molecule has 0 saturated carbocycles. The number of hydrazine groups is 1. The van der Waals surface area contributed by atoms with E-state index in [1.165, 1.54) is 0 Å². The van der Waals surface area contributed by atoms with Crippen LogP contribution in [-0.4, -0.2) is 29.4 Å². The van der Waals surface area contributed by atoms with Gasteiger partial charge in [0.25, 0.3) is 0 Å². The Kier molecular flexibility index (Phi) is 3.79. The molecule has 0 spiro atoms. The lowest BCUT2D eigenvalue weighted by atomic mass is 9.98. The molecule has 1 aliphatic heterocycles. The van der Waals surface area contributed by atoms with Crippen molar-refractivity contribution in [2.45, 2.75) is 19.3 Å². The molecule has 1 aromatic rings. The van der Waals surface area contributed by atoms with Gasteiger partial charge in [0, 0.05) is 6.42 Å². The summed E-state index contributed by atoms with van der Waals surface area (Å²) in [6, 6.07) is 9.04. The number of benzene rings is 1. The second-order valence-corrected chi connectivity index (χ2v) is 4.49. The van der Waals surface area contributed by atoms with E-state index in [9.17, 15) is 14.4 Å². The fourth-order valence-electron chi connectivity index (χ4n) is 1.91. The number of nitrogens with one attached hydrogen (secondary N) is 2. The Bertz CT molecular complexity index is 501. The molecular formula is C13H15N3O3. The average Bonchev–Trinajstić information content (AvgIpc) is 2.68. The SMILES string of the molecule is CC(CC(=O)NN1CC(=O)NC1=O)c1ccccc1. The van der Waals surface area contributed by atoms with Gasteiger partial charge in [-0.2, -0.15) is 0 Å². The molecule has 1 unspecified atom stereocenters. The van der Waals surface area contributed by atoms with Gasteiger partial charge in [0.05, 0.1) is 0 Å². The van der Waals surface area contributed by atoms with E-state index in [4.69, 9.17) is 0 Å². The Balaban J connectivity index is 1.88. The van der Waals surface area contributed by atoms with E-state index in [0.29, 0.717) is 0 Å². The molecule has 1 saturated heterocycles. The molecule has 1 heterocycles. The molecule has 19 heavy (non-hydrogen) atoms. The number of urea groups is 1. The molecule has 0 aliphatic carbocycles. The lowest BCUT2D eigenvalue weighted by Gasteiger charge is -2.17. The highest BCUT2D eigenvalue weighted by Crippen LogP contribution is 2.18. The van der Waals surface area contributed by atoms with Crippen LogP contribution < -0.4 is 10.7 Å². The third-order valence-corrected chi connectivity index (χ3v) is 2.91. The highest BCUT2D eigenvalue weighted by Gasteiger charge is 2.28. The van der Waals surface area contributed by atoms with Crippen LogP contribution in [0.15, 0.2) is 30.3 Å². The van der Waals surface area contributed by atoms with E-state index in [1.54, 1.807) is 0 Å². The van der Waals surface area contributed by atoms with Crippen LogP contribution in [0.3, 0.4) is 0 Å². The van der Waals surface area contributed by atoms with Gasteiger partial charge in [-0.05, 0) is 11.5 Å². The quantitative estimate of drug-likeness (QED) is 0.785. The van der Waals surface area contributed by atoms with Crippen LogP contribution in [0.4, 0.5) is 4.79 Å². The van der Waals surface area contributed by atoms with Crippen molar-refractivity contribution >= 4 is 17.8 Å². The zero-order chi connectivity index (χ0) is 13.8. The number of amides is 4. The molecule has 0 radical (unpaired) electrons. The molecule has 2 N–H and O–H groups in total. The highest BCUT2D eigenvalue weighted by molar-refractivity contribution is 6.02. The van der Waals surface area contributed by atoms with Crippen LogP contribution in [0.25, 0.3) is 0 Å². The van der Waals surface area contributed by atoms with Crippen molar-refractivity contribution in [3.63, 3.8) is 0 Å². The van der Waals surface area contributed by atoms with Crippen LogP contribution >= 0.6 is 0 Å². The smallest absolute Gasteiger partial charge is 0.275 e. The van der Waals surface area contributed by atoms with Gasteiger partial charge >= 0.3 is 6.03 Å². The van der Waals surface area contributed by atoms with E-state index in [-0.39, 0.29) is 24.8 Å². The number of imide groups is 1. The molecule has 4 amide bonds. The van der Waals surface area contributed by atoms with Crippen molar-refractivity contribution in [2.75, 3.05) is 6.54 Å². The minimum Gasteiger partial charge on any atom is -0.275 e. The Labute approximate surface area is 110 Å². The minimum atomic E-state index is -0.592. The first-order valence-electron chi connectivity index (χ1n) is 6.02. The Morgan fingerprint density at radius 2 is 2.05 bits per heavy atom. The molecular weight excluding hydrogens is 246 g/mol. The van der Waals surface area contributed by atoms with Gasteiger partial charge in [-0.25, -0.2) is 9.80 Å². The number of hydrogen-bond acceptors (Lipinski definition) is 3. The number of rotatable bonds is 4. The molecule has 6 heteroatoms. The van der Waals surface area contributed by atoms with Crippen LogP contribution in [0.1, 0.15) is 24.8 Å². The Hall–Kier alpha value is -2.37. The van der Waals surface area contributed by atoms with Gasteiger partial charge in [0.15, 0.2) is 0 Å². The summed E-state index contributed by atoms with van der Waals surface area (Å²) in [5.74, 6) is -0.662. The van der Waals surface area contributed by atoms with E-state index >= 15 is 0 Å². The second-order valence-electron chi connectivity index (χ2n) is 4.49. The summed E-state index contributed by atoms with van der Waals surface area (Å²) in [6.45, 7) is 1.80. The van der Waals surface area contributed by atoms with Gasteiger partial charge in [0.2, 0.25) is 11.8 Å². The largest absolute Gasteiger partial charge is 0.343 e. The monoisotopic (exact) mass is 261 g/mol. The van der Waals surface area contributed by atoms with Gasteiger partial charge in [0.1, 0.15) is 6.54 Å². The number of hydrogen-bond donors (Lipinski definition) is 2. The third-order valence-electron chi connectivity index (χ3n) is 2.91. The van der Waals surface area contributed by atoms with Crippen LogP contribution in [0, 0.1) is 0 Å². The second kappa shape index (κ2) is 5.51. The van der Waals surface area contributed by atoms with Gasteiger partial charge in [-0.1, -0.05) is 37.3 Å². The minimum absolute atomic E-state index is 0.0440. The first kappa shape index (κ1) is 13.1. The number of carbonyl (C=O) groups excluding carboxylic acids is 3. The normalized spacial score (nSPS) is 16.2. The Morgan fingerprint density at radius 1 is 1.37 bits per heavy atom. The molecule has 0 aromatic heterocycles. The average molecular weight is 261 g/mol. The van der Waals surface area contributed by atoms with Crippen LogP contribution in [0.2, 0.25) is 0 Å². The maximum atomic E-state index is 11.8. The summed E-state index contributed by atoms with van der Waals surface area (Å²) in [5.41, 5.74) is 3.48.